The van der Waals surface area contributed by atoms with Crippen molar-refractivity contribution in [3.05, 3.63) is 51.2 Å². The van der Waals surface area contributed by atoms with Gasteiger partial charge in [-0.3, -0.25) is 4.18 Å². The van der Waals surface area contributed by atoms with E-state index in [4.69, 9.17) is 15.8 Å². The lowest BCUT2D eigenvalue weighted by molar-refractivity contribution is 0.203. The van der Waals surface area contributed by atoms with Gasteiger partial charge in [0, 0.05) is 0 Å². The quantitative estimate of drug-likeness (QED) is 0.674. The van der Waals surface area contributed by atoms with Gasteiger partial charge in [-0.1, -0.05) is 44.5 Å². The highest BCUT2D eigenvalue weighted by atomic mass is 35.5. The number of aryl methyl sites for hydroxylation is 2. The summed E-state index contributed by atoms with van der Waals surface area (Å²) in [6.07, 6.45) is 1.66. The first kappa shape index (κ1) is 18.5. The molecule has 0 atom stereocenters. The van der Waals surface area contributed by atoms with Crippen molar-refractivity contribution in [1.29, 1.82) is 0 Å². The third kappa shape index (κ3) is 5.60. The molecule has 0 spiro atoms. The Bertz CT molecular complexity index is 741. The van der Waals surface area contributed by atoms with Gasteiger partial charge in [0.2, 0.25) is 0 Å². The molecule has 23 heavy (non-hydrogen) atoms. The third-order valence-electron chi connectivity index (χ3n) is 3.24. The fourth-order valence-corrected chi connectivity index (χ4v) is 4.02. The van der Waals surface area contributed by atoms with Crippen LogP contribution in [0.3, 0.4) is 0 Å². The fraction of sp³-hybridized carbons (Fsp3) is 0.412. The Balaban J connectivity index is 2.00. The molecule has 0 unspecified atom stereocenters. The van der Waals surface area contributed by atoms with E-state index in [2.05, 4.69) is 0 Å². The van der Waals surface area contributed by atoms with Crippen LogP contribution in [0.2, 0.25) is 4.34 Å². The maximum atomic E-state index is 12.1. The molecule has 0 radical (unpaired) electrons. The molecular weight excluding hydrogens is 352 g/mol. The van der Waals surface area contributed by atoms with Gasteiger partial charge in [0.25, 0.3) is 10.1 Å². The maximum absolute atomic E-state index is 12.1. The van der Waals surface area contributed by atoms with Crippen LogP contribution in [0.15, 0.2) is 40.6 Å². The van der Waals surface area contributed by atoms with Crippen LogP contribution in [0.4, 0.5) is 0 Å². The minimum absolute atomic E-state index is 0.160. The van der Waals surface area contributed by atoms with Gasteiger partial charge in [-0.15, -0.1) is 11.3 Å². The minimum atomic E-state index is -3.69. The van der Waals surface area contributed by atoms with Crippen molar-refractivity contribution in [3.8, 4) is 0 Å². The van der Waals surface area contributed by atoms with E-state index in [0.29, 0.717) is 0 Å². The topological polar surface area (TPSA) is 43.4 Å². The first-order chi connectivity index (χ1) is 10.7. The summed E-state index contributed by atoms with van der Waals surface area (Å²) in [7, 11) is -3.69. The number of halogens is 1. The highest BCUT2D eigenvalue weighted by Gasteiger charge is 2.20. The van der Waals surface area contributed by atoms with Gasteiger partial charge in [0.15, 0.2) is 0 Å². The lowest BCUT2D eigenvalue weighted by Crippen LogP contribution is -2.18. The van der Waals surface area contributed by atoms with Crippen LogP contribution in [0, 0.1) is 5.41 Å². The molecule has 0 saturated carbocycles. The van der Waals surface area contributed by atoms with Gasteiger partial charge < -0.3 is 0 Å². The third-order valence-corrected chi connectivity index (χ3v) is 5.76. The first-order valence-electron chi connectivity index (χ1n) is 7.38. The highest BCUT2D eigenvalue weighted by molar-refractivity contribution is 7.86. The Kier molecular flexibility index (Phi) is 5.89. The Morgan fingerprint density at radius 2 is 1.74 bits per heavy atom. The number of thiophene rings is 1. The van der Waals surface area contributed by atoms with Crippen LogP contribution in [-0.2, 0) is 27.1 Å². The molecule has 1 heterocycles. The molecule has 0 N–H and O–H groups in total. The zero-order valence-corrected chi connectivity index (χ0v) is 15.9. The van der Waals surface area contributed by atoms with Crippen LogP contribution in [-0.4, -0.2) is 15.0 Å². The van der Waals surface area contributed by atoms with Crippen LogP contribution < -0.4 is 0 Å². The van der Waals surface area contributed by atoms with Crippen molar-refractivity contribution >= 4 is 33.1 Å². The van der Waals surface area contributed by atoms with Crippen molar-refractivity contribution in [2.75, 3.05) is 6.61 Å². The molecule has 0 saturated heterocycles. The molecule has 2 aromatic rings. The minimum Gasteiger partial charge on any atom is -0.266 e. The number of benzene rings is 1. The summed E-state index contributed by atoms with van der Waals surface area (Å²) in [5, 5.41) is 1.97. The van der Waals surface area contributed by atoms with E-state index < -0.39 is 10.1 Å². The van der Waals surface area contributed by atoms with Gasteiger partial charge >= 0.3 is 0 Å². The monoisotopic (exact) mass is 372 g/mol. The second kappa shape index (κ2) is 7.34. The van der Waals surface area contributed by atoms with Crippen molar-refractivity contribution in [1.82, 2.24) is 0 Å². The lowest BCUT2D eigenvalue weighted by atomic mass is 9.99. The molecule has 126 valence electrons. The lowest BCUT2D eigenvalue weighted by Gasteiger charge is -2.17. The van der Waals surface area contributed by atoms with Crippen molar-refractivity contribution in [3.63, 3.8) is 0 Å². The Morgan fingerprint density at radius 1 is 1.09 bits per heavy atom. The summed E-state index contributed by atoms with van der Waals surface area (Å²) in [5.74, 6) is 0. The Hall–Kier alpha value is -0.880. The average Bonchev–Trinajstić information content (AvgIpc) is 2.88. The molecule has 0 aliphatic heterocycles. The van der Waals surface area contributed by atoms with E-state index in [1.165, 1.54) is 11.3 Å². The van der Waals surface area contributed by atoms with Gasteiger partial charge in [0.1, 0.15) is 0 Å². The summed E-state index contributed by atoms with van der Waals surface area (Å²) in [6, 6.07) is 8.87. The predicted octanol–water partition coefficient (Wildman–Crippen LogP) is 4.94. The maximum Gasteiger partial charge on any atom is 0.296 e. The van der Waals surface area contributed by atoms with E-state index in [0.717, 1.165) is 28.3 Å². The normalized spacial score (nSPS) is 12.5. The summed E-state index contributed by atoms with van der Waals surface area (Å²) in [4.78, 5) is 0.194. The Morgan fingerprint density at radius 3 is 2.26 bits per heavy atom. The van der Waals surface area contributed by atoms with Crippen molar-refractivity contribution in [2.45, 2.75) is 38.5 Å². The van der Waals surface area contributed by atoms with Gasteiger partial charge in [-0.2, -0.15) is 8.42 Å². The molecule has 0 fully saturated rings. The van der Waals surface area contributed by atoms with Crippen molar-refractivity contribution in [2.24, 2.45) is 5.41 Å². The van der Waals surface area contributed by atoms with E-state index in [9.17, 15) is 8.42 Å². The summed E-state index contributed by atoms with van der Waals surface area (Å²) in [6.45, 7) is 5.96. The molecular formula is C17H21ClO3S2. The van der Waals surface area contributed by atoms with E-state index in [1.807, 2.05) is 44.4 Å². The van der Waals surface area contributed by atoms with E-state index >= 15 is 0 Å². The molecule has 2 rings (SSSR count). The zero-order chi connectivity index (χ0) is 17.1. The summed E-state index contributed by atoms with van der Waals surface area (Å²) < 4.78 is 30.2. The highest BCUT2D eigenvalue weighted by Crippen LogP contribution is 2.24. The molecule has 6 heteroatoms. The number of hydrogen-bond acceptors (Lipinski definition) is 4. The standard InChI is InChI=1S/C17H21ClO3S2/c1-17(2,3)12-21-23(19,20)15-8-5-13(6-9-15)4-7-14-10-11-22-16(14)18/h5-6,8-11H,4,7,12H2,1-3H3. The van der Waals surface area contributed by atoms with Crippen LogP contribution in [0.1, 0.15) is 31.9 Å². The second-order valence-corrected chi connectivity index (χ2v) is 9.77. The molecule has 1 aromatic carbocycles. The fourth-order valence-electron chi connectivity index (χ4n) is 1.92. The number of hydrogen-bond donors (Lipinski definition) is 0. The molecule has 0 bridgehead atoms. The molecule has 0 aliphatic carbocycles. The number of rotatable bonds is 6. The molecule has 1 aromatic heterocycles. The van der Waals surface area contributed by atoms with Crippen LogP contribution >= 0.6 is 22.9 Å². The van der Waals surface area contributed by atoms with E-state index in [-0.39, 0.29) is 16.9 Å². The zero-order valence-electron chi connectivity index (χ0n) is 13.5. The summed E-state index contributed by atoms with van der Waals surface area (Å²) in [5.41, 5.74) is 2.00. The van der Waals surface area contributed by atoms with Crippen LogP contribution in [0.25, 0.3) is 0 Å². The Labute approximate surface area is 147 Å². The molecule has 0 aliphatic rings. The smallest absolute Gasteiger partial charge is 0.266 e. The summed E-state index contributed by atoms with van der Waals surface area (Å²) >= 11 is 7.61. The molecule has 0 amide bonds. The second-order valence-electron chi connectivity index (χ2n) is 6.64. The largest absolute Gasteiger partial charge is 0.296 e. The first-order valence-corrected chi connectivity index (χ1v) is 10.0. The van der Waals surface area contributed by atoms with Crippen LogP contribution in [0.5, 0.6) is 0 Å². The van der Waals surface area contributed by atoms with Gasteiger partial charge in [-0.25, -0.2) is 0 Å². The molecule has 3 nitrogen and oxygen atoms in total. The van der Waals surface area contributed by atoms with Gasteiger partial charge in [0.05, 0.1) is 15.8 Å². The van der Waals surface area contributed by atoms with E-state index in [1.54, 1.807) is 12.1 Å². The average molecular weight is 373 g/mol. The van der Waals surface area contributed by atoms with Crippen molar-refractivity contribution < 1.29 is 12.6 Å². The van der Waals surface area contributed by atoms with Gasteiger partial charge in [-0.05, 0) is 53.0 Å². The predicted molar refractivity (Wildman–Crippen MR) is 95.8 cm³/mol. The SMILES string of the molecule is CC(C)(C)COS(=O)(=O)c1ccc(CCc2ccsc2Cl)cc1.